The van der Waals surface area contributed by atoms with Crippen molar-refractivity contribution >= 4 is 34.2 Å². The second-order valence-electron chi connectivity index (χ2n) is 3.60. The van der Waals surface area contributed by atoms with E-state index in [4.69, 9.17) is 23.2 Å². The molecule has 3 rings (SSSR count). The Morgan fingerprint density at radius 2 is 1.50 bits per heavy atom. The first-order valence-electron chi connectivity index (χ1n) is 5.15. The normalized spacial score (nSPS) is 10.8. The summed E-state index contributed by atoms with van der Waals surface area (Å²) in [7, 11) is 0. The second kappa shape index (κ2) is 4.48. The van der Waals surface area contributed by atoms with Crippen LogP contribution in [0.15, 0.2) is 36.5 Å². The summed E-state index contributed by atoms with van der Waals surface area (Å²) in [5, 5.41) is 7.80. The zero-order valence-electron chi connectivity index (χ0n) is 9.01. The molecule has 18 heavy (non-hydrogen) atoms. The maximum Gasteiger partial charge on any atom is 0.179 e. The molecule has 0 bridgehead atoms. The minimum absolute atomic E-state index is 0.194. The molecule has 2 aromatic heterocycles. The minimum atomic E-state index is 0.194. The van der Waals surface area contributed by atoms with Crippen LogP contribution >= 0.6 is 23.2 Å². The Labute approximate surface area is 113 Å². The van der Waals surface area contributed by atoms with Gasteiger partial charge < -0.3 is 0 Å². The summed E-state index contributed by atoms with van der Waals surface area (Å²) in [4.78, 5) is 8.66. The number of rotatable bonds is 1. The molecular weight excluding hydrogens is 271 g/mol. The molecule has 0 amide bonds. The van der Waals surface area contributed by atoms with Gasteiger partial charge in [0.2, 0.25) is 0 Å². The summed E-state index contributed by atoms with van der Waals surface area (Å²) in [6.07, 6.45) is 1.64. The van der Waals surface area contributed by atoms with E-state index in [1.807, 2.05) is 30.3 Å². The Balaban J connectivity index is 2.26. The number of halogens is 2. The number of hydrogen-bond donors (Lipinski definition) is 0. The van der Waals surface area contributed by atoms with E-state index in [0.29, 0.717) is 16.7 Å². The molecule has 0 saturated carbocycles. The van der Waals surface area contributed by atoms with Crippen LogP contribution in [0.2, 0.25) is 10.3 Å². The van der Waals surface area contributed by atoms with Crippen molar-refractivity contribution in [2.75, 3.05) is 0 Å². The van der Waals surface area contributed by atoms with Gasteiger partial charge in [0.15, 0.2) is 10.3 Å². The quantitative estimate of drug-likeness (QED) is 0.684. The van der Waals surface area contributed by atoms with Crippen molar-refractivity contribution in [2.24, 2.45) is 0 Å². The first-order chi connectivity index (χ1) is 8.75. The van der Waals surface area contributed by atoms with Gasteiger partial charge in [-0.3, -0.25) is 0 Å². The van der Waals surface area contributed by atoms with Crippen LogP contribution in [0.1, 0.15) is 0 Å². The molecule has 2 heterocycles. The van der Waals surface area contributed by atoms with E-state index >= 15 is 0 Å². The fourth-order valence-electron chi connectivity index (χ4n) is 1.61. The van der Waals surface area contributed by atoms with E-state index in [-0.39, 0.29) is 10.3 Å². The molecule has 0 unspecified atom stereocenters. The van der Waals surface area contributed by atoms with Gasteiger partial charge in [-0.1, -0.05) is 53.5 Å². The van der Waals surface area contributed by atoms with E-state index in [9.17, 15) is 0 Å². The van der Waals surface area contributed by atoms with Crippen LogP contribution in [0.5, 0.6) is 0 Å². The number of aromatic nitrogens is 4. The fourth-order valence-corrected chi connectivity index (χ4v) is 1.96. The molecule has 0 radical (unpaired) electrons. The number of fused-ring (bicyclic) bond motifs is 1. The monoisotopic (exact) mass is 276 g/mol. The van der Waals surface area contributed by atoms with Crippen LogP contribution in [-0.2, 0) is 0 Å². The average Bonchev–Trinajstić information content (AvgIpc) is 2.44. The molecule has 0 aliphatic carbocycles. The Kier molecular flexibility index (Phi) is 2.81. The molecule has 0 saturated heterocycles. The molecular formula is C12H6Cl2N4. The van der Waals surface area contributed by atoms with Crippen LogP contribution in [0, 0.1) is 0 Å². The van der Waals surface area contributed by atoms with E-state index in [1.54, 1.807) is 6.20 Å². The topological polar surface area (TPSA) is 51.6 Å². The third kappa shape index (κ3) is 1.89. The van der Waals surface area contributed by atoms with Gasteiger partial charge in [-0.15, -0.1) is 10.2 Å². The van der Waals surface area contributed by atoms with Gasteiger partial charge in [-0.05, 0) is 0 Å². The molecule has 88 valence electrons. The lowest BCUT2D eigenvalue weighted by Gasteiger charge is -2.03. The number of benzene rings is 1. The average molecular weight is 277 g/mol. The highest BCUT2D eigenvalue weighted by Gasteiger charge is 2.10. The van der Waals surface area contributed by atoms with Gasteiger partial charge in [0.25, 0.3) is 0 Å². The van der Waals surface area contributed by atoms with Gasteiger partial charge >= 0.3 is 0 Å². The van der Waals surface area contributed by atoms with E-state index in [2.05, 4.69) is 20.2 Å². The molecule has 0 atom stereocenters. The van der Waals surface area contributed by atoms with Gasteiger partial charge in [-0.2, -0.15) is 0 Å². The maximum atomic E-state index is 5.95. The highest BCUT2D eigenvalue weighted by Crippen LogP contribution is 2.25. The van der Waals surface area contributed by atoms with Crippen LogP contribution in [-0.4, -0.2) is 20.2 Å². The minimum Gasteiger partial charge on any atom is -0.249 e. The third-order valence-electron chi connectivity index (χ3n) is 2.46. The highest BCUT2D eigenvalue weighted by molar-refractivity contribution is 6.37. The Morgan fingerprint density at radius 1 is 0.833 bits per heavy atom. The number of hydrogen-bond acceptors (Lipinski definition) is 4. The van der Waals surface area contributed by atoms with E-state index in [0.717, 1.165) is 5.56 Å². The zero-order chi connectivity index (χ0) is 12.5. The predicted octanol–water partition coefficient (Wildman–Crippen LogP) is 3.39. The summed E-state index contributed by atoms with van der Waals surface area (Å²) >= 11 is 11.8. The largest absolute Gasteiger partial charge is 0.249 e. The highest BCUT2D eigenvalue weighted by atomic mass is 35.5. The lowest BCUT2D eigenvalue weighted by Crippen LogP contribution is -1.94. The van der Waals surface area contributed by atoms with Gasteiger partial charge in [0.1, 0.15) is 11.0 Å². The van der Waals surface area contributed by atoms with Crippen molar-refractivity contribution < 1.29 is 0 Å². The Morgan fingerprint density at radius 3 is 2.22 bits per heavy atom. The smallest absolute Gasteiger partial charge is 0.179 e. The number of nitrogens with zero attached hydrogens (tertiary/aromatic N) is 4. The Hall–Kier alpha value is -1.78. The second-order valence-corrected chi connectivity index (χ2v) is 4.32. The third-order valence-corrected chi connectivity index (χ3v) is 2.97. The molecule has 1 aromatic carbocycles. The summed E-state index contributed by atoms with van der Waals surface area (Å²) in [5.41, 5.74) is 2.58. The molecule has 4 nitrogen and oxygen atoms in total. The van der Waals surface area contributed by atoms with Crippen molar-refractivity contribution in [3.05, 3.63) is 46.8 Å². The predicted molar refractivity (Wildman–Crippen MR) is 70.6 cm³/mol. The van der Waals surface area contributed by atoms with E-state index < -0.39 is 0 Å². The van der Waals surface area contributed by atoms with Crippen molar-refractivity contribution in [1.29, 1.82) is 0 Å². The summed E-state index contributed by atoms with van der Waals surface area (Å²) < 4.78 is 0. The van der Waals surface area contributed by atoms with Crippen molar-refractivity contribution in [2.45, 2.75) is 0 Å². The SMILES string of the molecule is Clc1nnc(Cl)c2nc(-c3ccccc3)cnc12. The Bertz CT molecular complexity index is 716. The van der Waals surface area contributed by atoms with Crippen LogP contribution in [0.25, 0.3) is 22.3 Å². The molecule has 0 spiro atoms. The summed E-state index contributed by atoms with van der Waals surface area (Å²) in [6.45, 7) is 0. The maximum absolute atomic E-state index is 5.95. The first kappa shape index (κ1) is 11.3. The molecule has 3 aromatic rings. The standard InChI is InChI=1S/C12H6Cl2N4/c13-11-9-10(12(14)18-17-11)16-8(6-15-9)7-4-2-1-3-5-7/h1-6H. The van der Waals surface area contributed by atoms with E-state index in [1.165, 1.54) is 0 Å². The molecule has 0 N–H and O–H groups in total. The molecule has 6 heteroatoms. The van der Waals surface area contributed by atoms with Crippen LogP contribution in [0.3, 0.4) is 0 Å². The summed E-state index contributed by atoms with van der Waals surface area (Å²) in [6, 6.07) is 9.69. The van der Waals surface area contributed by atoms with Crippen molar-refractivity contribution in [3.63, 3.8) is 0 Å². The summed E-state index contributed by atoms with van der Waals surface area (Å²) in [5.74, 6) is 0. The van der Waals surface area contributed by atoms with Gasteiger partial charge in [0.05, 0.1) is 11.9 Å². The van der Waals surface area contributed by atoms with Gasteiger partial charge in [-0.25, -0.2) is 9.97 Å². The fraction of sp³-hybridized carbons (Fsp3) is 0. The molecule has 0 aliphatic rings. The van der Waals surface area contributed by atoms with Crippen LogP contribution < -0.4 is 0 Å². The van der Waals surface area contributed by atoms with Crippen molar-refractivity contribution in [1.82, 2.24) is 20.2 Å². The first-order valence-corrected chi connectivity index (χ1v) is 5.91. The van der Waals surface area contributed by atoms with Gasteiger partial charge in [0, 0.05) is 5.56 Å². The lowest BCUT2D eigenvalue weighted by atomic mass is 10.2. The van der Waals surface area contributed by atoms with Crippen LogP contribution in [0.4, 0.5) is 0 Å². The molecule has 0 fully saturated rings. The zero-order valence-corrected chi connectivity index (χ0v) is 10.5. The molecule has 0 aliphatic heterocycles. The lowest BCUT2D eigenvalue weighted by molar-refractivity contribution is 1.04. The van der Waals surface area contributed by atoms with Crippen molar-refractivity contribution in [3.8, 4) is 11.3 Å².